The summed E-state index contributed by atoms with van der Waals surface area (Å²) < 4.78 is 11.0. The van der Waals surface area contributed by atoms with Gasteiger partial charge in [-0.05, 0) is 59.3 Å². The van der Waals surface area contributed by atoms with E-state index in [1.165, 1.54) is 31.4 Å². The van der Waals surface area contributed by atoms with Crippen molar-refractivity contribution in [2.75, 3.05) is 7.11 Å². The van der Waals surface area contributed by atoms with E-state index < -0.39 is 32.4 Å². The summed E-state index contributed by atoms with van der Waals surface area (Å²) in [7, 11) is 1.35. The molecule has 0 spiro atoms. The molecule has 0 N–H and O–H groups in total. The number of amides is 2. The molecule has 0 aliphatic carbocycles. The molecule has 1 saturated heterocycles. The van der Waals surface area contributed by atoms with Crippen LogP contribution in [0.3, 0.4) is 0 Å². The lowest BCUT2D eigenvalue weighted by molar-refractivity contribution is -0.394. The number of non-ortho nitro benzene ring substituents is 1. The van der Waals surface area contributed by atoms with Crippen LogP contribution in [0.4, 0.5) is 16.2 Å². The smallest absolute Gasteiger partial charge is 0.318 e. The van der Waals surface area contributed by atoms with E-state index in [2.05, 4.69) is 0 Å². The maximum Gasteiger partial charge on any atom is 0.318 e. The fourth-order valence-corrected chi connectivity index (χ4v) is 4.74. The molecule has 3 aromatic rings. The van der Waals surface area contributed by atoms with Gasteiger partial charge in [-0.3, -0.25) is 34.7 Å². The highest BCUT2D eigenvalue weighted by atomic mass is 35.5. The van der Waals surface area contributed by atoms with Crippen LogP contribution < -0.4 is 9.47 Å². The Morgan fingerprint density at radius 1 is 0.947 bits per heavy atom. The Morgan fingerprint density at radius 3 is 2.34 bits per heavy atom. The Kier molecular flexibility index (Phi) is 7.86. The summed E-state index contributed by atoms with van der Waals surface area (Å²) in [6.45, 7) is -0.0257. The van der Waals surface area contributed by atoms with Gasteiger partial charge in [0.05, 0.1) is 34.5 Å². The van der Waals surface area contributed by atoms with E-state index in [0.29, 0.717) is 21.2 Å². The molecule has 3 aromatic carbocycles. The van der Waals surface area contributed by atoms with Gasteiger partial charge in [0.15, 0.2) is 11.5 Å². The summed E-state index contributed by atoms with van der Waals surface area (Å²) in [5, 5.41) is 22.7. The largest absolute Gasteiger partial charge is 0.493 e. The second-order valence-electron chi connectivity index (χ2n) is 7.68. The van der Waals surface area contributed by atoms with Crippen molar-refractivity contribution in [1.29, 1.82) is 0 Å². The van der Waals surface area contributed by atoms with Crippen LogP contribution in [0.15, 0.2) is 59.5 Å². The fourth-order valence-electron chi connectivity index (χ4n) is 3.43. The molecular formula is C24H15Cl2N3O8S. The third kappa shape index (κ3) is 5.72. The molecule has 38 heavy (non-hydrogen) atoms. The van der Waals surface area contributed by atoms with Crippen molar-refractivity contribution in [3.05, 3.63) is 101 Å². The molecule has 4 rings (SSSR count). The summed E-state index contributed by atoms with van der Waals surface area (Å²) in [6.07, 6.45) is 1.50. The van der Waals surface area contributed by atoms with E-state index in [4.69, 9.17) is 32.7 Å². The van der Waals surface area contributed by atoms with Crippen LogP contribution in [0, 0.1) is 20.2 Å². The number of imide groups is 1. The van der Waals surface area contributed by atoms with Crippen LogP contribution >= 0.6 is 35.0 Å². The van der Waals surface area contributed by atoms with E-state index in [-0.39, 0.29) is 28.7 Å². The average molecular weight is 576 g/mol. The number of nitro groups is 2. The second kappa shape index (κ2) is 11.1. The maximum absolute atomic E-state index is 12.9. The number of carbonyl (C=O) groups is 2. The van der Waals surface area contributed by atoms with Gasteiger partial charge >= 0.3 is 5.69 Å². The van der Waals surface area contributed by atoms with Gasteiger partial charge in [0.1, 0.15) is 0 Å². The summed E-state index contributed by atoms with van der Waals surface area (Å²) in [5.41, 5.74) is -0.0102. The van der Waals surface area contributed by atoms with E-state index in [0.717, 1.165) is 34.9 Å². The molecule has 11 nitrogen and oxygen atoms in total. The highest BCUT2D eigenvalue weighted by Crippen LogP contribution is 2.40. The number of nitrogens with zero attached hydrogens (tertiary/aromatic N) is 3. The number of hydrogen-bond acceptors (Lipinski definition) is 9. The summed E-state index contributed by atoms with van der Waals surface area (Å²) in [5.74, 6) is -0.480. The van der Waals surface area contributed by atoms with Gasteiger partial charge in [-0.2, -0.15) is 0 Å². The zero-order valence-corrected chi connectivity index (χ0v) is 21.6. The first-order chi connectivity index (χ1) is 18.1. The van der Waals surface area contributed by atoms with Crippen molar-refractivity contribution in [2.24, 2.45) is 0 Å². The molecule has 194 valence electrons. The van der Waals surface area contributed by atoms with Gasteiger partial charge < -0.3 is 9.47 Å². The van der Waals surface area contributed by atoms with Crippen molar-refractivity contribution in [3.63, 3.8) is 0 Å². The molecule has 1 aliphatic rings. The van der Waals surface area contributed by atoms with Gasteiger partial charge in [0.2, 0.25) is 5.75 Å². The summed E-state index contributed by atoms with van der Waals surface area (Å²) in [6, 6.07) is 12.3. The average Bonchev–Trinajstić information content (AvgIpc) is 3.13. The molecule has 0 saturated carbocycles. The Hall–Kier alpha value is -4.13. The molecule has 2 amide bonds. The third-order valence-electron chi connectivity index (χ3n) is 5.27. The highest BCUT2D eigenvalue weighted by Gasteiger charge is 2.35. The third-order valence-corrected chi connectivity index (χ3v) is 6.77. The minimum Gasteiger partial charge on any atom is -0.493 e. The van der Waals surface area contributed by atoms with Crippen molar-refractivity contribution >= 4 is 63.6 Å². The first-order valence-electron chi connectivity index (χ1n) is 10.6. The van der Waals surface area contributed by atoms with Gasteiger partial charge in [0, 0.05) is 16.1 Å². The molecule has 0 atom stereocenters. The lowest BCUT2D eigenvalue weighted by Crippen LogP contribution is -2.27. The minimum atomic E-state index is -0.795. The van der Waals surface area contributed by atoms with Crippen LogP contribution in [0.1, 0.15) is 11.1 Å². The second-order valence-corrected chi connectivity index (χ2v) is 9.52. The predicted molar refractivity (Wildman–Crippen MR) is 141 cm³/mol. The van der Waals surface area contributed by atoms with Crippen LogP contribution in [0.5, 0.6) is 17.2 Å². The molecule has 1 aliphatic heterocycles. The predicted octanol–water partition coefficient (Wildman–Crippen LogP) is 6.85. The topological polar surface area (TPSA) is 142 Å². The lowest BCUT2D eigenvalue weighted by atomic mass is 10.1. The Morgan fingerprint density at radius 2 is 1.68 bits per heavy atom. The number of benzene rings is 3. The number of nitro benzene ring substituents is 2. The molecule has 0 radical (unpaired) electrons. The summed E-state index contributed by atoms with van der Waals surface area (Å²) in [4.78, 5) is 47.5. The SMILES string of the molecule is COc1cc(/C=C2\SC(=O)N(Cc3ccc(Cl)cc3Cl)C2=O)ccc1Oc1ccc([N+](=O)[O-])cc1[N+](=O)[O-]. The highest BCUT2D eigenvalue weighted by molar-refractivity contribution is 8.18. The van der Waals surface area contributed by atoms with Gasteiger partial charge in [-0.15, -0.1) is 0 Å². The molecule has 14 heteroatoms. The van der Waals surface area contributed by atoms with Gasteiger partial charge in [0.25, 0.3) is 16.8 Å². The summed E-state index contributed by atoms with van der Waals surface area (Å²) >= 11 is 12.8. The zero-order chi connectivity index (χ0) is 27.6. The van der Waals surface area contributed by atoms with Crippen LogP contribution in [-0.2, 0) is 11.3 Å². The van der Waals surface area contributed by atoms with Gasteiger partial charge in [-0.1, -0.05) is 35.3 Å². The first kappa shape index (κ1) is 26.9. The normalized spacial score (nSPS) is 14.2. The van der Waals surface area contributed by atoms with Crippen molar-refractivity contribution in [3.8, 4) is 17.2 Å². The molecule has 0 aromatic heterocycles. The quantitative estimate of drug-likeness (QED) is 0.160. The van der Waals surface area contributed by atoms with Gasteiger partial charge in [-0.25, -0.2) is 0 Å². The molecule has 1 fully saturated rings. The monoisotopic (exact) mass is 575 g/mol. The van der Waals surface area contributed by atoms with Crippen LogP contribution in [0.25, 0.3) is 6.08 Å². The number of ether oxygens (including phenoxy) is 2. The molecule has 0 unspecified atom stereocenters. The fraction of sp³-hybridized carbons (Fsp3) is 0.0833. The number of rotatable bonds is 8. The van der Waals surface area contributed by atoms with E-state index in [1.54, 1.807) is 18.2 Å². The van der Waals surface area contributed by atoms with E-state index >= 15 is 0 Å². The lowest BCUT2D eigenvalue weighted by Gasteiger charge is -2.13. The number of methoxy groups -OCH3 is 1. The maximum atomic E-state index is 12.9. The molecule has 0 bridgehead atoms. The van der Waals surface area contributed by atoms with Crippen molar-refractivity contribution < 1.29 is 28.9 Å². The van der Waals surface area contributed by atoms with E-state index in [1.807, 2.05) is 0 Å². The number of hydrogen-bond donors (Lipinski definition) is 0. The van der Waals surface area contributed by atoms with Crippen LogP contribution in [0.2, 0.25) is 10.0 Å². The Labute approximate surface area is 228 Å². The minimum absolute atomic E-state index is 0.0257. The Bertz CT molecular complexity index is 1530. The Balaban J connectivity index is 1.57. The van der Waals surface area contributed by atoms with Crippen molar-refractivity contribution in [2.45, 2.75) is 6.54 Å². The standard InChI is InChI=1S/C24H15Cl2N3O8S/c1-36-21-8-13(2-6-20(21)37-19-7-5-16(28(32)33)11-18(19)29(34)35)9-22-23(30)27(24(31)38-22)12-14-3-4-15(25)10-17(14)26/h2-11H,12H2,1H3/b22-9-. The van der Waals surface area contributed by atoms with Crippen molar-refractivity contribution in [1.82, 2.24) is 4.90 Å². The first-order valence-corrected chi connectivity index (χ1v) is 12.1. The molecular weight excluding hydrogens is 561 g/mol. The van der Waals surface area contributed by atoms with Crippen LogP contribution in [-0.4, -0.2) is 33.0 Å². The number of carbonyl (C=O) groups excluding carboxylic acids is 2. The zero-order valence-electron chi connectivity index (χ0n) is 19.3. The number of halogens is 2. The molecule has 1 heterocycles. The number of thioether (sulfide) groups is 1. The van der Waals surface area contributed by atoms with E-state index in [9.17, 15) is 29.8 Å².